The predicted octanol–water partition coefficient (Wildman–Crippen LogP) is 10.2. The van der Waals surface area contributed by atoms with Gasteiger partial charge in [-0.2, -0.15) is 65.9 Å². The second-order valence-corrected chi connectivity index (χ2v) is 10.5. The van der Waals surface area contributed by atoms with Gasteiger partial charge >= 0.3 is 42.2 Å². The lowest BCUT2D eigenvalue weighted by molar-refractivity contribution is -0.365. The third-order valence-electron chi connectivity index (χ3n) is 7.51. The molecule has 2 aromatic rings. The van der Waals surface area contributed by atoms with Crippen molar-refractivity contribution in [3.63, 3.8) is 0 Å². The number of aromatic nitrogens is 1. The smallest absolute Gasteiger partial charge is 0.449 e. The van der Waals surface area contributed by atoms with Gasteiger partial charge in [0.05, 0.1) is 5.57 Å². The Labute approximate surface area is 272 Å². The Kier molecular flexibility index (Phi) is 9.48. The van der Waals surface area contributed by atoms with Gasteiger partial charge in [0.15, 0.2) is 11.3 Å². The van der Waals surface area contributed by atoms with Gasteiger partial charge in [0.1, 0.15) is 11.2 Å². The third-order valence-corrected chi connectivity index (χ3v) is 7.51. The Hall–Kier alpha value is -4.53. The average Bonchev–Trinajstić information content (AvgIpc) is 2.99. The number of benzene rings is 3. The monoisotopic (exact) mass is 764 g/mol. The molecule has 0 radical (unpaired) electrons. The molecule has 0 N–H and O–H groups in total. The van der Waals surface area contributed by atoms with Crippen LogP contribution in [0, 0.1) is 0 Å². The van der Waals surface area contributed by atoms with Gasteiger partial charge in [-0.1, -0.05) is 24.3 Å². The highest BCUT2D eigenvalue weighted by molar-refractivity contribution is 5.99. The summed E-state index contributed by atoms with van der Waals surface area (Å²) in [6, 6.07) is 7.67. The van der Waals surface area contributed by atoms with E-state index < -0.39 is 92.5 Å². The van der Waals surface area contributed by atoms with Gasteiger partial charge in [0, 0.05) is 35.6 Å². The lowest BCUT2D eigenvalue weighted by Gasteiger charge is -2.41. The number of rotatable bonds is 7. The molecule has 0 bridgehead atoms. The molecule has 0 spiro atoms. The molecule has 0 saturated heterocycles. The zero-order valence-corrected chi connectivity index (χ0v) is 25.0. The predicted molar refractivity (Wildman–Crippen MR) is 144 cm³/mol. The molecule has 1 aliphatic carbocycles. The molecule has 280 valence electrons. The molecule has 2 aromatic carbocycles. The van der Waals surface area contributed by atoms with Gasteiger partial charge in [0.25, 0.3) is 0 Å². The number of fused-ring (bicyclic) bond motifs is 4. The molecule has 1 heterocycles. The summed E-state index contributed by atoms with van der Waals surface area (Å²) in [5.74, 6) is -8.62. The molecular formula is C29H17F17N2O3. The number of anilines is 1. The maximum atomic E-state index is 15.3. The number of nitrogens with zero attached hydrogens (tertiary/aromatic N) is 2. The van der Waals surface area contributed by atoms with Crippen molar-refractivity contribution in [3.05, 3.63) is 64.0 Å². The molecule has 2 aliphatic rings. The van der Waals surface area contributed by atoms with Crippen LogP contribution < -0.4 is 15.1 Å². The van der Waals surface area contributed by atoms with Gasteiger partial charge in [-0.25, -0.2) is 13.8 Å². The average molecular weight is 764 g/mol. The quantitative estimate of drug-likeness (QED) is 0.0812. The number of hydrogen-bond acceptors (Lipinski definition) is 5. The van der Waals surface area contributed by atoms with E-state index in [9.17, 15) is 70.7 Å². The number of halogens is 17. The minimum atomic E-state index is -8.43. The normalized spacial score (nSPS) is 14.0. The van der Waals surface area contributed by atoms with Gasteiger partial charge in [0.2, 0.25) is 16.9 Å². The fraction of sp³-hybridized carbons (Fsp3) is 0.379. The van der Waals surface area contributed by atoms with E-state index in [0.29, 0.717) is 13.1 Å². The molecule has 0 unspecified atom stereocenters. The summed E-state index contributed by atoms with van der Waals surface area (Å²) in [4.78, 5) is 19.1. The highest BCUT2D eigenvalue weighted by Crippen LogP contribution is 2.63. The van der Waals surface area contributed by atoms with Crippen LogP contribution in [0.1, 0.15) is 13.8 Å². The first kappa shape index (κ1) is 39.3. The molecule has 4 rings (SSSR count). The van der Waals surface area contributed by atoms with Crippen molar-refractivity contribution >= 4 is 27.6 Å². The Morgan fingerprint density at radius 2 is 1.18 bits per heavy atom. The number of hydrogen-bond donors (Lipinski definition) is 0. The molecule has 0 saturated carbocycles. The molecule has 0 aromatic heterocycles. The van der Waals surface area contributed by atoms with Crippen LogP contribution in [-0.4, -0.2) is 60.3 Å². The standard InChI is InChI=1S/C29H17F17N2O3/c1-3-48(4-2)12-9-10-15-16(11-12)50-19-17(47-15)13-7-5-6-8-14(13)18(49)20(19)51-22(25(32,33)34)21(23(30,26(35,36)37)27(38,39)40)24(31,28(41,42)43)29(44,45)46/h5-11H,3-4H2,1-2H3. The Morgan fingerprint density at radius 3 is 1.61 bits per heavy atom. The molecule has 0 fully saturated rings. The van der Waals surface area contributed by atoms with Crippen LogP contribution in [0.4, 0.5) is 80.3 Å². The molecule has 22 heteroatoms. The van der Waals surface area contributed by atoms with Crippen molar-refractivity contribution in [1.82, 2.24) is 4.98 Å². The highest BCUT2D eigenvalue weighted by Gasteiger charge is 2.88. The van der Waals surface area contributed by atoms with Crippen LogP contribution in [0.25, 0.3) is 33.3 Å². The summed E-state index contributed by atoms with van der Waals surface area (Å²) in [6.45, 7) is 3.94. The number of allylic oxidation sites excluding steroid dienone is 2. The SMILES string of the molecule is CCN(CC)c1ccc2nc3c4ccccc4c(=O)c(OC(=C(C(F)(C(F)(F)F)C(F)(F)F)C(F)(C(F)(F)F)C(F)(F)F)C(F)(F)F)c-3oc2c1. The summed E-state index contributed by atoms with van der Waals surface area (Å²) >= 11 is 0. The van der Waals surface area contributed by atoms with Gasteiger partial charge in [-0.15, -0.1) is 0 Å². The van der Waals surface area contributed by atoms with E-state index in [1.165, 1.54) is 18.2 Å². The van der Waals surface area contributed by atoms with Gasteiger partial charge in [-0.3, -0.25) is 4.79 Å². The van der Waals surface area contributed by atoms with E-state index in [-0.39, 0.29) is 11.2 Å². The molecule has 0 amide bonds. The zero-order chi connectivity index (χ0) is 38.9. The largest absolute Gasteiger partial charge is 0.449 e. The molecule has 5 nitrogen and oxygen atoms in total. The number of ether oxygens (including phenoxy) is 1. The van der Waals surface area contributed by atoms with Crippen LogP contribution in [0.3, 0.4) is 0 Å². The minimum absolute atomic E-state index is 0.200. The van der Waals surface area contributed by atoms with E-state index in [1.807, 2.05) is 0 Å². The fourth-order valence-corrected chi connectivity index (χ4v) is 5.13. The van der Waals surface area contributed by atoms with E-state index >= 15 is 8.78 Å². The maximum Gasteiger partial charge on any atom is 0.449 e. The second-order valence-electron chi connectivity index (χ2n) is 10.5. The maximum absolute atomic E-state index is 15.3. The summed E-state index contributed by atoms with van der Waals surface area (Å²) in [5.41, 5.74) is -25.9. The van der Waals surface area contributed by atoms with Crippen molar-refractivity contribution in [2.24, 2.45) is 0 Å². The van der Waals surface area contributed by atoms with Crippen molar-refractivity contribution in [1.29, 1.82) is 0 Å². The molecular weight excluding hydrogens is 747 g/mol. The topological polar surface area (TPSA) is 55.6 Å². The van der Waals surface area contributed by atoms with Crippen molar-refractivity contribution in [2.75, 3.05) is 18.0 Å². The lowest BCUT2D eigenvalue weighted by Crippen LogP contribution is -2.67. The summed E-state index contributed by atoms with van der Waals surface area (Å²) in [7, 11) is 0. The van der Waals surface area contributed by atoms with Gasteiger partial charge < -0.3 is 14.1 Å². The van der Waals surface area contributed by atoms with E-state index in [0.717, 1.165) is 24.3 Å². The summed E-state index contributed by atoms with van der Waals surface area (Å²) in [5, 5.41) is -1.27. The summed E-state index contributed by atoms with van der Waals surface area (Å²) in [6.07, 6.45) is -40.3. The highest BCUT2D eigenvalue weighted by atomic mass is 19.4. The first-order chi connectivity index (χ1) is 23.1. The first-order valence-corrected chi connectivity index (χ1v) is 13.8. The molecule has 0 atom stereocenters. The zero-order valence-electron chi connectivity index (χ0n) is 25.0. The Morgan fingerprint density at radius 1 is 0.706 bits per heavy atom. The molecule has 51 heavy (non-hydrogen) atoms. The fourth-order valence-electron chi connectivity index (χ4n) is 5.13. The number of alkyl halides is 17. The minimum Gasteiger partial charge on any atom is -0.449 e. The van der Waals surface area contributed by atoms with Crippen molar-refractivity contribution in [2.45, 2.75) is 56.1 Å². The van der Waals surface area contributed by atoms with E-state index in [2.05, 4.69) is 9.72 Å². The third kappa shape index (κ3) is 6.23. The first-order valence-electron chi connectivity index (χ1n) is 13.8. The van der Waals surface area contributed by atoms with Crippen molar-refractivity contribution < 1.29 is 83.8 Å². The van der Waals surface area contributed by atoms with Crippen LogP contribution in [0.15, 0.2) is 63.0 Å². The second kappa shape index (κ2) is 12.3. The van der Waals surface area contributed by atoms with E-state index in [1.54, 1.807) is 18.7 Å². The molecule has 1 aliphatic heterocycles. The van der Waals surface area contributed by atoms with E-state index in [4.69, 9.17) is 4.42 Å². The van der Waals surface area contributed by atoms with Crippen LogP contribution in [-0.2, 0) is 0 Å². The van der Waals surface area contributed by atoms with Crippen LogP contribution in [0.2, 0.25) is 0 Å². The van der Waals surface area contributed by atoms with Crippen LogP contribution >= 0.6 is 0 Å². The Balaban J connectivity index is 2.32. The van der Waals surface area contributed by atoms with Crippen LogP contribution in [0.5, 0.6) is 5.75 Å². The lowest BCUT2D eigenvalue weighted by atomic mass is 9.79. The summed E-state index contributed by atoms with van der Waals surface area (Å²) < 4.78 is 249. The van der Waals surface area contributed by atoms with Crippen molar-refractivity contribution in [3.8, 4) is 17.2 Å². The van der Waals surface area contributed by atoms with Gasteiger partial charge in [-0.05, 0) is 26.0 Å². The Bertz CT molecular complexity index is 1930.